The number of rotatable bonds is 5. The number of halogens is 1. The molecule has 1 heterocycles. The normalized spacial score (nSPS) is 18.4. The van der Waals surface area contributed by atoms with E-state index in [1.165, 1.54) is 12.8 Å². The van der Waals surface area contributed by atoms with Crippen LogP contribution in [0.5, 0.6) is 0 Å². The van der Waals surface area contributed by atoms with E-state index in [4.69, 9.17) is 16.1 Å². The minimum atomic E-state index is -0.0864. The van der Waals surface area contributed by atoms with E-state index < -0.39 is 0 Å². The second-order valence-corrected chi connectivity index (χ2v) is 4.48. The zero-order valence-electron chi connectivity index (χ0n) is 8.37. The Balaban J connectivity index is 1.93. The first-order valence-corrected chi connectivity index (χ1v) is 5.69. The van der Waals surface area contributed by atoms with Crippen LogP contribution in [0.25, 0.3) is 0 Å². The van der Waals surface area contributed by atoms with Crippen molar-refractivity contribution in [2.75, 3.05) is 0 Å². The van der Waals surface area contributed by atoms with Crippen molar-refractivity contribution in [3.8, 4) is 0 Å². The summed E-state index contributed by atoms with van der Waals surface area (Å²) in [6.07, 6.45) is 5.49. The van der Waals surface area contributed by atoms with E-state index in [-0.39, 0.29) is 5.38 Å². The van der Waals surface area contributed by atoms with Crippen LogP contribution >= 0.6 is 11.6 Å². The SMILES string of the molecule is CCCC(Cl)c1noc(CC2CC2)n1. The number of hydrogen-bond acceptors (Lipinski definition) is 3. The van der Waals surface area contributed by atoms with E-state index in [1.807, 2.05) is 0 Å². The summed E-state index contributed by atoms with van der Waals surface area (Å²) in [5.74, 6) is 2.19. The van der Waals surface area contributed by atoms with Gasteiger partial charge in [-0.15, -0.1) is 11.6 Å². The van der Waals surface area contributed by atoms with Gasteiger partial charge in [-0.05, 0) is 25.2 Å². The molecule has 0 spiro atoms. The highest BCUT2D eigenvalue weighted by Gasteiger charge is 2.25. The van der Waals surface area contributed by atoms with E-state index in [2.05, 4.69) is 17.1 Å². The lowest BCUT2D eigenvalue weighted by Gasteiger charge is -1.99. The van der Waals surface area contributed by atoms with Crippen LogP contribution in [0.15, 0.2) is 4.52 Å². The predicted molar refractivity (Wildman–Crippen MR) is 54.2 cm³/mol. The molecule has 1 aromatic rings. The number of hydrogen-bond donors (Lipinski definition) is 0. The Bertz CT molecular complexity index is 296. The summed E-state index contributed by atoms with van der Waals surface area (Å²) in [6, 6.07) is 0. The van der Waals surface area contributed by atoms with Crippen LogP contribution in [0.2, 0.25) is 0 Å². The van der Waals surface area contributed by atoms with Crippen molar-refractivity contribution < 1.29 is 4.52 Å². The first-order chi connectivity index (χ1) is 6.79. The topological polar surface area (TPSA) is 38.9 Å². The molecule has 0 radical (unpaired) electrons. The molecule has 1 fully saturated rings. The maximum Gasteiger partial charge on any atom is 0.226 e. The van der Waals surface area contributed by atoms with E-state index in [1.54, 1.807) is 0 Å². The Morgan fingerprint density at radius 1 is 1.57 bits per heavy atom. The molecule has 1 unspecified atom stereocenters. The molecule has 1 saturated carbocycles. The van der Waals surface area contributed by atoms with E-state index >= 15 is 0 Å². The summed E-state index contributed by atoms with van der Waals surface area (Å²) in [4.78, 5) is 4.30. The van der Waals surface area contributed by atoms with Gasteiger partial charge in [0.15, 0.2) is 5.82 Å². The van der Waals surface area contributed by atoms with Gasteiger partial charge in [0.2, 0.25) is 5.89 Å². The zero-order valence-corrected chi connectivity index (χ0v) is 9.13. The molecule has 1 atom stereocenters. The summed E-state index contributed by atoms with van der Waals surface area (Å²) in [6.45, 7) is 2.10. The second-order valence-electron chi connectivity index (χ2n) is 3.95. The van der Waals surface area contributed by atoms with Crippen molar-refractivity contribution in [2.24, 2.45) is 5.92 Å². The van der Waals surface area contributed by atoms with Gasteiger partial charge in [-0.3, -0.25) is 0 Å². The Labute approximate surface area is 88.8 Å². The van der Waals surface area contributed by atoms with Crippen LogP contribution in [-0.2, 0) is 6.42 Å². The maximum atomic E-state index is 6.09. The lowest BCUT2D eigenvalue weighted by atomic mass is 10.2. The zero-order chi connectivity index (χ0) is 9.97. The van der Waals surface area contributed by atoms with Crippen molar-refractivity contribution in [2.45, 2.75) is 44.4 Å². The Morgan fingerprint density at radius 2 is 2.36 bits per heavy atom. The molecule has 0 saturated heterocycles. The third-order valence-corrected chi connectivity index (χ3v) is 2.88. The molecule has 0 aliphatic heterocycles. The average molecular weight is 215 g/mol. The van der Waals surface area contributed by atoms with Crippen molar-refractivity contribution in [1.29, 1.82) is 0 Å². The molecular weight excluding hydrogens is 200 g/mol. The highest BCUT2D eigenvalue weighted by Crippen LogP contribution is 2.32. The number of aromatic nitrogens is 2. The fourth-order valence-corrected chi connectivity index (χ4v) is 1.74. The predicted octanol–water partition coefficient (Wildman–Crippen LogP) is 3.10. The van der Waals surface area contributed by atoms with Gasteiger partial charge < -0.3 is 4.52 Å². The van der Waals surface area contributed by atoms with Crippen LogP contribution in [0.3, 0.4) is 0 Å². The molecule has 78 valence electrons. The fourth-order valence-electron chi connectivity index (χ4n) is 1.43. The molecule has 0 bridgehead atoms. The molecule has 4 heteroatoms. The number of nitrogens with zero attached hydrogens (tertiary/aromatic N) is 2. The lowest BCUT2D eigenvalue weighted by molar-refractivity contribution is 0.367. The average Bonchev–Trinajstić information content (AvgIpc) is 2.82. The minimum Gasteiger partial charge on any atom is -0.339 e. The number of alkyl halides is 1. The van der Waals surface area contributed by atoms with Gasteiger partial charge in [-0.2, -0.15) is 4.98 Å². The van der Waals surface area contributed by atoms with E-state index in [9.17, 15) is 0 Å². The van der Waals surface area contributed by atoms with E-state index in [0.29, 0.717) is 5.82 Å². The van der Waals surface area contributed by atoms with Crippen molar-refractivity contribution in [3.63, 3.8) is 0 Å². The summed E-state index contributed by atoms with van der Waals surface area (Å²) < 4.78 is 5.14. The molecule has 3 nitrogen and oxygen atoms in total. The van der Waals surface area contributed by atoms with Crippen LogP contribution in [0, 0.1) is 5.92 Å². The smallest absolute Gasteiger partial charge is 0.226 e. The van der Waals surface area contributed by atoms with Crippen molar-refractivity contribution >= 4 is 11.6 Å². The van der Waals surface area contributed by atoms with Gasteiger partial charge in [0, 0.05) is 6.42 Å². The standard InChI is InChI=1S/C10H15ClN2O/c1-2-3-8(11)10-12-9(14-13-10)6-7-4-5-7/h7-8H,2-6H2,1H3. The van der Waals surface area contributed by atoms with Gasteiger partial charge in [0.25, 0.3) is 0 Å². The first kappa shape index (κ1) is 9.97. The maximum absolute atomic E-state index is 6.09. The molecular formula is C10H15ClN2O. The largest absolute Gasteiger partial charge is 0.339 e. The van der Waals surface area contributed by atoms with Crippen molar-refractivity contribution in [3.05, 3.63) is 11.7 Å². The van der Waals surface area contributed by atoms with Gasteiger partial charge in [-0.25, -0.2) is 0 Å². The van der Waals surface area contributed by atoms with Crippen LogP contribution < -0.4 is 0 Å². The van der Waals surface area contributed by atoms with Gasteiger partial charge >= 0.3 is 0 Å². The molecule has 1 aliphatic carbocycles. The van der Waals surface area contributed by atoms with Crippen molar-refractivity contribution in [1.82, 2.24) is 10.1 Å². The second kappa shape index (κ2) is 4.30. The van der Waals surface area contributed by atoms with Crippen LogP contribution in [0.4, 0.5) is 0 Å². The van der Waals surface area contributed by atoms with Gasteiger partial charge in [0.05, 0.1) is 5.38 Å². The van der Waals surface area contributed by atoms with Crippen LogP contribution in [-0.4, -0.2) is 10.1 Å². The van der Waals surface area contributed by atoms with Gasteiger partial charge in [0.1, 0.15) is 0 Å². The van der Waals surface area contributed by atoms with Crippen LogP contribution in [0.1, 0.15) is 49.7 Å². The Hall–Kier alpha value is -0.570. The Kier molecular flexibility index (Phi) is 3.06. The van der Waals surface area contributed by atoms with Gasteiger partial charge in [-0.1, -0.05) is 18.5 Å². The summed E-state index contributed by atoms with van der Waals surface area (Å²) in [5, 5.41) is 3.81. The quantitative estimate of drug-likeness (QED) is 0.707. The molecule has 0 aromatic carbocycles. The third-order valence-electron chi connectivity index (χ3n) is 2.47. The molecule has 1 aliphatic rings. The highest BCUT2D eigenvalue weighted by atomic mass is 35.5. The third kappa shape index (κ3) is 2.47. The highest BCUT2D eigenvalue weighted by molar-refractivity contribution is 6.20. The molecule has 2 rings (SSSR count). The van der Waals surface area contributed by atoms with E-state index in [0.717, 1.165) is 31.1 Å². The Morgan fingerprint density at radius 3 is 3.00 bits per heavy atom. The summed E-state index contributed by atoms with van der Waals surface area (Å²) in [7, 11) is 0. The first-order valence-electron chi connectivity index (χ1n) is 5.26. The summed E-state index contributed by atoms with van der Waals surface area (Å²) in [5.41, 5.74) is 0. The minimum absolute atomic E-state index is 0.0864. The summed E-state index contributed by atoms with van der Waals surface area (Å²) >= 11 is 6.09. The molecule has 1 aromatic heterocycles. The molecule has 0 amide bonds. The monoisotopic (exact) mass is 214 g/mol. The lowest BCUT2D eigenvalue weighted by Crippen LogP contribution is -1.93. The molecule has 0 N–H and O–H groups in total. The fraction of sp³-hybridized carbons (Fsp3) is 0.800. The molecule has 14 heavy (non-hydrogen) atoms.